The molecule has 0 aliphatic rings. The Balaban J connectivity index is 0. The summed E-state index contributed by atoms with van der Waals surface area (Å²) in [6.07, 6.45) is 0. The van der Waals surface area contributed by atoms with Crippen LogP contribution in [0, 0.1) is 0 Å². The van der Waals surface area contributed by atoms with Gasteiger partial charge in [0.25, 0.3) is 0 Å². The summed E-state index contributed by atoms with van der Waals surface area (Å²) in [5, 5.41) is 0. The van der Waals surface area contributed by atoms with Gasteiger partial charge in [-0.25, -0.2) is 0 Å². The van der Waals surface area contributed by atoms with E-state index in [4.69, 9.17) is 11.6 Å². The van der Waals surface area contributed by atoms with Crippen LogP contribution in [-0.2, 0) is 0 Å². The average Bonchev–Trinajstić information content (AvgIpc) is 2.11. The van der Waals surface area contributed by atoms with Crippen molar-refractivity contribution in [3.05, 3.63) is 0 Å². The molecule has 0 aromatic carbocycles. The fourth-order valence-electron chi connectivity index (χ4n) is 1.50. The van der Waals surface area contributed by atoms with Crippen molar-refractivity contribution in [3.8, 4) is 0 Å². The Bertz CT molecular complexity index is 62.4. The molecule has 0 unspecified atom stereocenters. The summed E-state index contributed by atoms with van der Waals surface area (Å²) in [6.45, 7) is 11.5. The minimum atomic E-state index is -1.51. The van der Waals surface area contributed by atoms with Crippen LogP contribution in [0.15, 0.2) is 0 Å². The predicted octanol–water partition coefficient (Wildman–Crippen LogP) is 4.76. The van der Waals surface area contributed by atoms with Gasteiger partial charge in [-0.15, -0.1) is 11.6 Å². The zero-order valence-corrected chi connectivity index (χ0v) is 14.1. The second-order valence-electron chi connectivity index (χ2n) is 3.18. The first kappa shape index (κ1) is 15.7. The van der Waals surface area contributed by atoms with E-state index in [0.717, 1.165) is 5.88 Å². The Hall–Kier alpha value is 1.21. The van der Waals surface area contributed by atoms with E-state index < -0.39 is 21.2 Å². The van der Waals surface area contributed by atoms with E-state index in [1.807, 2.05) is 6.92 Å². The summed E-state index contributed by atoms with van der Waals surface area (Å²) >= 11 is 3.49. The third-order valence-electron chi connectivity index (χ3n) is 3.00. The molecule has 2 heteroatoms. The Morgan fingerprint density at radius 1 is 0.750 bits per heavy atom. The molecule has 0 nitrogen and oxygen atoms in total. The van der Waals surface area contributed by atoms with Gasteiger partial charge in [0.2, 0.25) is 0 Å². The van der Waals surface area contributed by atoms with Gasteiger partial charge in [-0.3, -0.25) is 0 Å². The molecule has 0 fully saturated rings. The van der Waals surface area contributed by atoms with Crippen LogP contribution in [0.25, 0.3) is 0 Å². The topological polar surface area (TPSA) is 0 Å². The maximum atomic E-state index is 5.00. The quantitative estimate of drug-likeness (QED) is 0.482. The van der Waals surface area contributed by atoms with Crippen molar-refractivity contribution >= 4 is 32.8 Å². The van der Waals surface area contributed by atoms with Crippen molar-refractivity contribution in [2.24, 2.45) is 0 Å². The van der Waals surface area contributed by atoms with Crippen LogP contribution in [0.2, 0.25) is 15.9 Å². The summed E-state index contributed by atoms with van der Waals surface area (Å²) in [5.41, 5.74) is 0. The van der Waals surface area contributed by atoms with E-state index in [-0.39, 0.29) is 0 Å². The van der Waals surface area contributed by atoms with Gasteiger partial charge in [-0.1, -0.05) is 6.92 Å². The first-order valence-corrected chi connectivity index (χ1v) is 16.7. The van der Waals surface area contributed by atoms with Gasteiger partial charge in [-0.2, -0.15) is 0 Å². The molecule has 0 N–H and O–H groups in total. The molecular formula is C10H25ClPb. The van der Waals surface area contributed by atoms with Crippen molar-refractivity contribution < 1.29 is 0 Å². The molecule has 76 valence electrons. The third kappa shape index (κ3) is 6.70. The molecule has 0 aromatic heterocycles. The standard InChI is InChI=1S/C2H5Cl.4C2H5.Pb/c1-2-3;4*1-2;/h2H2,1H3;4*1H2,2H3;. The first-order chi connectivity index (χ1) is 5.66. The molecule has 0 aliphatic carbocycles. The average molecular weight is 388 g/mol. The summed E-state index contributed by atoms with van der Waals surface area (Å²) in [6, 6.07) is 0. The van der Waals surface area contributed by atoms with Gasteiger partial charge in [0.05, 0.1) is 0 Å². The normalized spacial score (nSPS) is 10.5. The van der Waals surface area contributed by atoms with Crippen LogP contribution in [-0.4, -0.2) is 27.1 Å². The molecule has 12 heavy (non-hydrogen) atoms. The fourth-order valence-corrected chi connectivity index (χ4v) is 13.2. The number of rotatable bonds is 4. The molecule has 0 saturated heterocycles. The minimum absolute atomic E-state index is 0.722. The SMILES string of the molecule is CCCl.C[CH2][Pb]([CH2]C)([CH2]C)[CH2]C. The maximum absolute atomic E-state index is 5.00. The summed E-state index contributed by atoms with van der Waals surface area (Å²) in [4.78, 5) is 0. The molecule has 0 heterocycles. The van der Waals surface area contributed by atoms with Crippen LogP contribution in [0.3, 0.4) is 0 Å². The third-order valence-corrected chi connectivity index (χ3v) is 26.3. The summed E-state index contributed by atoms with van der Waals surface area (Å²) < 4.78 is 6.26. The zero-order chi connectivity index (χ0) is 10.0. The fraction of sp³-hybridized carbons (Fsp3) is 1.00. The van der Waals surface area contributed by atoms with Crippen molar-refractivity contribution in [2.45, 2.75) is 50.5 Å². The molecular weight excluding hydrogens is 363 g/mol. The Morgan fingerprint density at radius 2 is 0.917 bits per heavy atom. The van der Waals surface area contributed by atoms with E-state index in [2.05, 4.69) is 27.7 Å². The second-order valence-corrected chi connectivity index (χ2v) is 26.4. The number of hydrogen-bond acceptors (Lipinski definition) is 0. The number of hydrogen-bond donors (Lipinski definition) is 0. The van der Waals surface area contributed by atoms with Crippen LogP contribution in [0.1, 0.15) is 34.6 Å². The van der Waals surface area contributed by atoms with E-state index in [1.54, 1.807) is 15.9 Å². The molecule has 0 aliphatic heterocycles. The number of halogens is 1. The molecule has 0 amide bonds. The Kier molecular flexibility index (Phi) is 13.4. The van der Waals surface area contributed by atoms with Gasteiger partial charge in [-0.05, 0) is 0 Å². The van der Waals surface area contributed by atoms with Crippen molar-refractivity contribution in [3.63, 3.8) is 0 Å². The summed E-state index contributed by atoms with van der Waals surface area (Å²) in [7, 11) is 0. The van der Waals surface area contributed by atoms with Crippen LogP contribution < -0.4 is 0 Å². The van der Waals surface area contributed by atoms with E-state index >= 15 is 0 Å². The molecule has 0 saturated carbocycles. The monoisotopic (exact) mass is 388 g/mol. The molecule has 0 atom stereocenters. The van der Waals surface area contributed by atoms with Crippen molar-refractivity contribution in [1.82, 2.24) is 0 Å². The van der Waals surface area contributed by atoms with Gasteiger partial charge in [0.1, 0.15) is 0 Å². The van der Waals surface area contributed by atoms with Gasteiger partial charge < -0.3 is 0 Å². The van der Waals surface area contributed by atoms with Crippen LogP contribution in [0.4, 0.5) is 0 Å². The Labute approximate surface area is 88.7 Å². The first-order valence-electron chi connectivity index (χ1n) is 5.22. The predicted molar refractivity (Wildman–Crippen MR) is 64.1 cm³/mol. The van der Waals surface area contributed by atoms with Crippen molar-refractivity contribution in [1.29, 1.82) is 0 Å². The van der Waals surface area contributed by atoms with E-state index in [0.29, 0.717) is 0 Å². The van der Waals surface area contributed by atoms with E-state index in [9.17, 15) is 0 Å². The molecule has 0 spiro atoms. The Morgan fingerprint density at radius 3 is 0.917 bits per heavy atom. The zero-order valence-electron chi connectivity index (χ0n) is 9.41. The van der Waals surface area contributed by atoms with E-state index in [1.165, 1.54) is 0 Å². The van der Waals surface area contributed by atoms with Crippen LogP contribution >= 0.6 is 11.6 Å². The molecule has 0 radical (unpaired) electrons. The summed E-state index contributed by atoms with van der Waals surface area (Å²) in [5.74, 6) is 0.722. The molecule has 0 rings (SSSR count). The molecule has 0 bridgehead atoms. The van der Waals surface area contributed by atoms with Gasteiger partial charge in [0.15, 0.2) is 0 Å². The molecule has 0 aromatic rings. The second kappa shape index (κ2) is 10.3. The van der Waals surface area contributed by atoms with Gasteiger partial charge >= 0.3 is 64.8 Å². The van der Waals surface area contributed by atoms with Crippen molar-refractivity contribution in [2.75, 3.05) is 5.88 Å². The number of alkyl halides is 1. The van der Waals surface area contributed by atoms with Gasteiger partial charge in [0, 0.05) is 5.88 Å². The van der Waals surface area contributed by atoms with Crippen LogP contribution in [0.5, 0.6) is 0 Å².